The smallest absolute Gasteiger partial charge is 0.242 e. The van der Waals surface area contributed by atoms with Gasteiger partial charge < -0.3 is 5.32 Å². The topological polar surface area (TPSA) is 66.5 Å². The molecular formula is C21H28N2O3S. The van der Waals surface area contributed by atoms with Crippen LogP contribution in [0.2, 0.25) is 0 Å². The maximum atomic E-state index is 12.5. The van der Waals surface area contributed by atoms with E-state index in [0.717, 1.165) is 5.56 Å². The van der Waals surface area contributed by atoms with Gasteiger partial charge in [-0.25, -0.2) is 12.7 Å². The summed E-state index contributed by atoms with van der Waals surface area (Å²) in [5.41, 5.74) is 3.48. The number of aryl methyl sites for hydroxylation is 2. The zero-order valence-electron chi connectivity index (χ0n) is 16.4. The Morgan fingerprint density at radius 2 is 1.74 bits per heavy atom. The largest absolute Gasteiger partial charge is 0.350 e. The number of sulfonamides is 1. The average molecular weight is 389 g/mol. The normalized spacial score (nSPS) is 12.8. The van der Waals surface area contributed by atoms with E-state index in [0.29, 0.717) is 13.0 Å². The van der Waals surface area contributed by atoms with Gasteiger partial charge in [0.05, 0.1) is 10.9 Å². The molecule has 0 aliphatic rings. The maximum Gasteiger partial charge on any atom is 0.242 e. The molecule has 2 rings (SSSR count). The van der Waals surface area contributed by atoms with Gasteiger partial charge in [-0.2, -0.15) is 0 Å². The molecule has 0 unspecified atom stereocenters. The summed E-state index contributed by atoms with van der Waals surface area (Å²) in [6.07, 6.45) is 0.748. The molecule has 1 amide bonds. The van der Waals surface area contributed by atoms with E-state index in [9.17, 15) is 13.2 Å². The summed E-state index contributed by atoms with van der Waals surface area (Å²) in [6, 6.07) is 14.4. The van der Waals surface area contributed by atoms with Crippen molar-refractivity contribution in [2.75, 3.05) is 13.6 Å². The van der Waals surface area contributed by atoms with Gasteiger partial charge in [-0.05, 0) is 56.0 Å². The molecular weight excluding hydrogens is 360 g/mol. The Morgan fingerprint density at radius 3 is 2.37 bits per heavy atom. The van der Waals surface area contributed by atoms with Crippen LogP contribution in [0.5, 0.6) is 0 Å². The van der Waals surface area contributed by atoms with Gasteiger partial charge in [0.15, 0.2) is 0 Å². The summed E-state index contributed by atoms with van der Waals surface area (Å²) in [4.78, 5) is 12.5. The molecule has 2 aromatic carbocycles. The molecule has 2 aromatic rings. The number of nitrogens with zero attached hydrogens (tertiary/aromatic N) is 1. The lowest BCUT2D eigenvalue weighted by molar-refractivity contribution is -0.121. The molecule has 0 radical (unpaired) electrons. The first kappa shape index (κ1) is 21.1. The second-order valence-electron chi connectivity index (χ2n) is 6.88. The molecule has 0 fully saturated rings. The molecule has 0 saturated heterocycles. The van der Waals surface area contributed by atoms with Gasteiger partial charge in [0, 0.05) is 20.0 Å². The van der Waals surface area contributed by atoms with Crippen molar-refractivity contribution in [2.24, 2.45) is 0 Å². The van der Waals surface area contributed by atoms with Gasteiger partial charge in [0.1, 0.15) is 0 Å². The van der Waals surface area contributed by atoms with E-state index < -0.39 is 10.0 Å². The highest BCUT2D eigenvalue weighted by Crippen LogP contribution is 2.17. The third kappa shape index (κ3) is 5.65. The third-order valence-electron chi connectivity index (χ3n) is 4.74. The van der Waals surface area contributed by atoms with E-state index in [1.807, 2.05) is 13.0 Å². The fourth-order valence-electron chi connectivity index (χ4n) is 2.79. The Balaban J connectivity index is 1.84. The lowest BCUT2D eigenvalue weighted by atomic mass is 10.0. The van der Waals surface area contributed by atoms with Crippen molar-refractivity contribution in [1.82, 2.24) is 9.62 Å². The van der Waals surface area contributed by atoms with Gasteiger partial charge in [-0.3, -0.25) is 4.79 Å². The molecule has 6 heteroatoms. The second-order valence-corrected chi connectivity index (χ2v) is 8.92. The summed E-state index contributed by atoms with van der Waals surface area (Å²) < 4.78 is 26.2. The molecule has 0 saturated carbocycles. The van der Waals surface area contributed by atoms with Crippen molar-refractivity contribution in [3.05, 3.63) is 65.2 Å². The minimum absolute atomic E-state index is 0.0776. The molecule has 0 heterocycles. The molecule has 0 aromatic heterocycles. The van der Waals surface area contributed by atoms with Crippen LogP contribution >= 0.6 is 0 Å². The zero-order chi connectivity index (χ0) is 20.0. The first-order valence-corrected chi connectivity index (χ1v) is 10.5. The average Bonchev–Trinajstić information content (AvgIpc) is 2.64. The van der Waals surface area contributed by atoms with Crippen molar-refractivity contribution in [3.63, 3.8) is 0 Å². The van der Waals surface area contributed by atoms with Crippen LogP contribution < -0.4 is 5.32 Å². The molecule has 0 bridgehead atoms. The maximum absolute atomic E-state index is 12.5. The van der Waals surface area contributed by atoms with Crippen LogP contribution in [0.1, 0.15) is 42.5 Å². The van der Waals surface area contributed by atoms with Crippen molar-refractivity contribution < 1.29 is 13.2 Å². The van der Waals surface area contributed by atoms with Crippen LogP contribution in [0.3, 0.4) is 0 Å². The Labute approximate surface area is 162 Å². The van der Waals surface area contributed by atoms with E-state index >= 15 is 0 Å². The fraction of sp³-hybridized carbons (Fsp3) is 0.381. The molecule has 0 spiro atoms. The lowest BCUT2D eigenvalue weighted by Gasteiger charge is -2.18. The molecule has 1 atom stereocenters. The van der Waals surface area contributed by atoms with E-state index in [1.54, 1.807) is 30.3 Å². The second kappa shape index (κ2) is 9.15. The Morgan fingerprint density at radius 1 is 1.07 bits per heavy atom. The van der Waals surface area contributed by atoms with Crippen LogP contribution in [0.15, 0.2) is 53.4 Å². The number of hydrogen-bond donors (Lipinski definition) is 1. The Bertz CT molecular complexity index is 880. The highest BCUT2D eigenvalue weighted by molar-refractivity contribution is 7.89. The molecule has 146 valence electrons. The Hall–Kier alpha value is -2.18. The number of rotatable bonds is 8. The summed E-state index contributed by atoms with van der Waals surface area (Å²) >= 11 is 0. The standard InChI is InChI=1S/C21H28N2O3S/c1-16-12-13-19(15-17(16)2)18(3)22-21(24)11-8-14-23(4)27(25,26)20-9-6-5-7-10-20/h5-7,9-10,12-13,15,18H,8,11,14H2,1-4H3,(H,22,24)/t18-/m0/s1. The predicted molar refractivity (Wildman–Crippen MR) is 108 cm³/mol. The van der Waals surface area contributed by atoms with E-state index in [-0.39, 0.29) is 23.3 Å². The van der Waals surface area contributed by atoms with Gasteiger partial charge in [-0.15, -0.1) is 0 Å². The molecule has 1 N–H and O–H groups in total. The number of hydrogen-bond acceptors (Lipinski definition) is 3. The van der Waals surface area contributed by atoms with E-state index in [1.165, 1.54) is 22.5 Å². The number of benzene rings is 2. The van der Waals surface area contributed by atoms with Crippen LogP contribution in [0.25, 0.3) is 0 Å². The number of carbonyl (C=O) groups is 1. The molecule has 5 nitrogen and oxygen atoms in total. The Kier molecular flexibility index (Phi) is 7.16. The van der Waals surface area contributed by atoms with Crippen molar-refractivity contribution in [2.45, 2.75) is 44.6 Å². The zero-order valence-corrected chi connectivity index (χ0v) is 17.2. The minimum Gasteiger partial charge on any atom is -0.350 e. The summed E-state index contributed by atoms with van der Waals surface area (Å²) in [7, 11) is -1.97. The number of amides is 1. The molecule has 27 heavy (non-hydrogen) atoms. The summed E-state index contributed by atoms with van der Waals surface area (Å²) in [5, 5.41) is 2.98. The van der Waals surface area contributed by atoms with Crippen LogP contribution in [0, 0.1) is 13.8 Å². The predicted octanol–water partition coefficient (Wildman–Crippen LogP) is 3.58. The van der Waals surface area contributed by atoms with Crippen molar-refractivity contribution in [3.8, 4) is 0 Å². The molecule has 0 aliphatic heterocycles. The summed E-state index contributed by atoms with van der Waals surface area (Å²) in [6.45, 7) is 6.36. The van der Waals surface area contributed by atoms with Crippen LogP contribution in [-0.4, -0.2) is 32.2 Å². The third-order valence-corrected chi connectivity index (χ3v) is 6.61. The van der Waals surface area contributed by atoms with E-state index in [2.05, 4.69) is 31.3 Å². The monoisotopic (exact) mass is 388 g/mol. The van der Waals surface area contributed by atoms with Gasteiger partial charge in [0.2, 0.25) is 15.9 Å². The van der Waals surface area contributed by atoms with Crippen molar-refractivity contribution in [1.29, 1.82) is 0 Å². The first-order valence-electron chi connectivity index (χ1n) is 9.09. The molecule has 0 aliphatic carbocycles. The van der Waals surface area contributed by atoms with E-state index in [4.69, 9.17) is 0 Å². The fourth-order valence-corrected chi connectivity index (χ4v) is 4.02. The van der Waals surface area contributed by atoms with Gasteiger partial charge in [0.25, 0.3) is 0 Å². The van der Waals surface area contributed by atoms with Crippen molar-refractivity contribution >= 4 is 15.9 Å². The summed E-state index contributed by atoms with van der Waals surface area (Å²) in [5.74, 6) is -0.0776. The number of nitrogens with one attached hydrogen (secondary N) is 1. The lowest BCUT2D eigenvalue weighted by Crippen LogP contribution is -2.30. The number of carbonyl (C=O) groups excluding carboxylic acids is 1. The quantitative estimate of drug-likeness (QED) is 0.752. The van der Waals surface area contributed by atoms with Crippen LogP contribution in [-0.2, 0) is 14.8 Å². The SMILES string of the molecule is Cc1ccc([C@H](C)NC(=O)CCCN(C)S(=O)(=O)c2ccccc2)cc1C. The van der Waals surface area contributed by atoms with Gasteiger partial charge in [-0.1, -0.05) is 36.4 Å². The highest BCUT2D eigenvalue weighted by Gasteiger charge is 2.20. The highest BCUT2D eigenvalue weighted by atomic mass is 32.2. The van der Waals surface area contributed by atoms with Crippen LogP contribution in [0.4, 0.5) is 0 Å². The minimum atomic E-state index is -3.51. The van der Waals surface area contributed by atoms with Gasteiger partial charge >= 0.3 is 0 Å². The first-order chi connectivity index (χ1) is 12.7.